The molecule has 3 aromatic rings. The molecule has 2 heterocycles. The molecule has 8 heteroatoms. The average Bonchev–Trinajstić information content (AvgIpc) is 3.18. The van der Waals surface area contributed by atoms with Crippen molar-refractivity contribution in [3.05, 3.63) is 48.0 Å². The van der Waals surface area contributed by atoms with Gasteiger partial charge in [0.25, 0.3) is 0 Å². The number of aromatic carboxylic acids is 1. The smallest absolute Gasteiger partial charge is 0.336 e. The number of carbonyl (C=O) groups is 2. The number of rotatable bonds is 4. The van der Waals surface area contributed by atoms with Gasteiger partial charge in [-0.15, -0.1) is 5.10 Å². The summed E-state index contributed by atoms with van der Waals surface area (Å²) in [7, 11) is 0. The molecule has 0 spiro atoms. The second kappa shape index (κ2) is 5.00. The Balaban J connectivity index is 2.17. The second-order valence-electron chi connectivity index (χ2n) is 4.11. The first kappa shape index (κ1) is 12.7. The van der Waals surface area contributed by atoms with Gasteiger partial charge in [0, 0.05) is 5.56 Å². The minimum absolute atomic E-state index is 0.0543. The van der Waals surface area contributed by atoms with Crippen LogP contribution in [0.3, 0.4) is 0 Å². The fourth-order valence-electron chi connectivity index (χ4n) is 1.91. The molecule has 0 saturated heterocycles. The molecule has 1 aromatic carbocycles. The third-order valence-electron chi connectivity index (χ3n) is 2.86. The van der Waals surface area contributed by atoms with E-state index < -0.39 is 5.97 Å². The van der Waals surface area contributed by atoms with Gasteiger partial charge in [0.15, 0.2) is 12.0 Å². The van der Waals surface area contributed by atoms with E-state index in [-0.39, 0.29) is 17.1 Å². The lowest BCUT2D eigenvalue weighted by molar-refractivity contribution is 0.0697. The van der Waals surface area contributed by atoms with Crippen molar-refractivity contribution in [3.63, 3.8) is 0 Å². The summed E-state index contributed by atoms with van der Waals surface area (Å²) in [4.78, 5) is 22.0. The zero-order valence-corrected chi connectivity index (χ0v) is 10.5. The molecule has 0 saturated carbocycles. The highest BCUT2D eigenvalue weighted by atomic mass is 16.4. The Labute approximate surface area is 117 Å². The van der Waals surface area contributed by atoms with E-state index in [2.05, 4.69) is 15.5 Å². The number of carboxylic acid groups (broad SMARTS) is 1. The molecule has 0 amide bonds. The molecule has 0 radical (unpaired) electrons. The Morgan fingerprint density at radius 1 is 1.29 bits per heavy atom. The summed E-state index contributed by atoms with van der Waals surface area (Å²) < 4.78 is 6.68. The van der Waals surface area contributed by atoms with E-state index in [1.54, 1.807) is 12.1 Å². The molecule has 2 aromatic heterocycles. The van der Waals surface area contributed by atoms with Crippen LogP contribution in [-0.2, 0) is 0 Å². The van der Waals surface area contributed by atoms with Crippen molar-refractivity contribution in [2.24, 2.45) is 0 Å². The lowest BCUT2D eigenvalue weighted by atomic mass is 10.0. The van der Waals surface area contributed by atoms with Gasteiger partial charge in [0.05, 0.1) is 11.3 Å². The number of hydrogen-bond donors (Lipinski definition) is 1. The lowest BCUT2D eigenvalue weighted by Gasteiger charge is -2.06. The minimum atomic E-state index is -1.10. The SMILES string of the molecule is O=Cc1ccc(-c2cc(-n3cnnn3)ccc2C(=O)O)o1. The predicted molar refractivity (Wildman–Crippen MR) is 69.2 cm³/mol. The van der Waals surface area contributed by atoms with E-state index in [1.165, 1.54) is 29.2 Å². The molecule has 0 aliphatic heterocycles. The van der Waals surface area contributed by atoms with E-state index in [4.69, 9.17) is 4.42 Å². The van der Waals surface area contributed by atoms with Crippen molar-refractivity contribution in [2.45, 2.75) is 0 Å². The van der Waals surface area contributed by atoms with E-state index in [9.17, 15) is 14.7 Å². The van der Waals surface area contributed by atoms with Crippen LogP contribution in [0, 0.1) is 0 Å². The van der Waals surface area contributed by atoms with Crippen LogP contribution in [0.4, 0.5) is 0 Å². The first-order valence-electron chi connectivity index (χ1n) is 5.85. The molecule has 0 unspecified atom stereocenters. The van der Waals surface area contributed by atoms with Crippen LogP contribution >= 0.6 is 0 Å². The third kappa shape index (κ3) is 2.29. The maximum Gasteiger partial charge on any atom is 0.336 e. The average molecular weight is 284 g/mol. The minimum Gasteiger partial charge on any atom is -0.478 e. The van der Waals surface area contributed by atoms with E-state index in [0.29, 0.717) is 17.5 Å². The van der Waals surface area contributed by atoms with Gasteiger partial charge < -0.3 is 9.52 Å². The molecule has 0 aliphatic rings. The maximum absolute atomic E-state index is 11.3. The normalized spacial score (nSPS) is 10.5. The molecule has 1 N–H and O–H groups in total. The highest BCUT2D eigenvalue weighted by molar-refractivity contribution is 5.96. The van der Waals surface area contributed by atoms with Crippen LogP contribution in [0.1, 0.15) is 20.9 Å². The Hall–Kier alpha value is -3.29. The van der Waals surface area contributed by atoms with Crippen LogP contribution in [0.5, 0.6) is 0 Å². The maximum atomic E-state index is 11.3. The van der Waals surface area contributed by atoms with Gasteiger partial charge in [-0.1, -0.05) is 0 Å². The van der Waals surface area contributed by atoms with Crippen LogP contribution in [0.15, 0.2) is 41.1 Å². The van der Waals surface area contributed by atoms with E-state index in [0.717, 1.165) is 0 Å². The van der Waals surface area contributed by atoms with Gasteiger partial charge in [0.2, 0.25) is 0 Å². The monoisotopic (exact) mass is 284 g/mol. The molecule has 0 atom stereocenters. The number of carboxylic acids is 1. The van der Waals surface area contributed by atoms with Crippen molar-refractivity contribution < 1.29 is 19.1 Å². The zero-order valence-electron chi connectivity index (χ0n) is 10.5. The van der Waals surface area contributed by atoms with Gasteiger partial charge >= 0.3 is 5.97 Å². The third-order valence-corrected chi connectivity index (χ3v) is 2.86. The topological polar surface area (TPSA) is 111 Å². The number of benzene rings is 1. The molecule has 8 nitrogen and oxygen atoms in total. The molecule has 0 bridgehead atoms. The summed E-state index contributed by atoms with van der Waals surface area (Å²) in [5.41, 5.74) is 0.964. The fourth-order valence-corrected chi connectivity index (χ4v) is 1.91. The summed E-state index contributed by atoms with van der Waals surface area (Å²) >= 11 is 0. The molecule has 3 rings (SSSR count). The molecule has 104 valence electrons. The van der Waals surface area contributed by atoms with Crippen LogP contribution < -0.4 is 0 Å². The van der Waals surface area contributed by atoms with Gasteiger partial charge in [-0.3, -0.25) is 4.79 Å². The van der Waals surface area contributed by atoms with Crippen LogP contribution in [-0.4, -0.2) is 37.6 Å². The molecule has 21 heavy (non-hydrogen) atoms. The first-order valence-corrected chi connectivity index (χ1v) is 5.85. The van der Waals surface area contributed by atoms with Gasteiger partial charge in [-0.25, -0.2) is 9.48 Å². The van der Waals surface area contributed by atoms with Gasteiger partial charge in [0.1, 0.15) is 12.1 Å². The lowest BCUT2D eigenvalue weighted by Crippen LogP contribution is -2.02. The summed E-state index contributed by atoms with van der Waals surface area (Å²) in [6, 6.07) is 7.59. The standard InChI is InChI=1S/C13H8N4O4/c18-6-9-2-4-12(21-9)11-5-8(17-7-14-15-16-17)1-3-10(11)13(19)20/h1-7H,(H,19,20). The van der Waals surface area contributed by atoms with Crippen molar-refractivity contribution in [1.82, 2.24) is 20.2 Å². The van der Waals surface area contributed by atoms with Crippen molar-refractivity contribution in [3.8, 4) is 17.0 Å². The van der Waals surface area contributed by atoms with Crippen molar-refractivity contribution in [1.29, 1.82) is 0 Å². The fraction of sp³-hybridized carbons (Fsp3) is 0. The van der Waals surface area contributed by atoms with Gasteiger partial charge in [-0.05, 0) is 40.8 Å². The highest BCUT2D eigenvalue weighted by Crippen LogP contribution is 2.28. The number of aromatic nitrogens is 4. The predicted octanol–water partition coefficient (Wildman–Crippen LogP) is 1.43. The highest BCUT2D eigenvalue weighted by Gasteiger charge is 2.16. The Morgan fingerprint density at radius 3 is 2.76 bits per heavy atom. The zero-order chi connectivity index (χ0) is 14.8. The number of hydrogen-bond acceptors (Lipinski definition) is 6. The summed E-state index contributed by atoms with van der Waals surface area (Å²) in [5.74, 6) is -0.698. The molecule has 0 fully saturated rings. The van der Waals surface area contributed by atoms with E-state index >= 15 is 0 Å². The quantitative estimate of drug-likeness (QED) is 0.721. The van der Waals surface area contributed by atoms with Crippen molar-refractivity contribution >= 4 is 12.3 Å². The number of carbonyl (C=O) groups excluding carboxylic acids is 1. The second-order valence-corrected chi connectivity index (χ2v) is 4.11. The number of aldehydes is 1. The molecular weight excluding hydrogens is 276 g/mol. The first-order chi connectivity index (χ1) is 10.2. The molecule has 0 aliphatic carbocycles. The van der Waals surface area contributed by atoms with Crippen molar-refractivity contribution in [2.75, 3.05) is 0 Å². The number of nitrogens with zero attached hydrogens (tertiary/aromatic N) is 4. The Morgan fingerprint density at radius 2 is 2.14 bits per heavy atom. The van der Waals surface area contributed by atoms with Gasteiger partial charge in [-0.2, -0.15) is 0 Å². The Kier molecular flexibility index (Phi) is 3.03. The van der Waals surface area contributed by atoms with Crippen LogP contribution in [0.25, 0.3) is 17.0 Å². The molecular formula is C13H8N4O4. The summed E-state index contributed by atoms with van der Waals surface area (Å²) in [6.45, 7) is 0. The summed E-state index contributed by atoms with van der Waals surface area (Å²) in [5, 5.41) is 20.0. The number of furan rings is 1. The van der Waals surface area contributed by atoms with E-state index in [1.807, 2.05) is 0 Å². The van der Waals surface area contributed by atoms with Crippen LogP contribution in [0.2, 0.25) is 0 Å². The number of tetrazole rings is 1. The largest absolute Gasteiger partial charge is 0.478 e. The summed E-state index contributed by atoms with van der Waals surface area (Å²) in [6.07, 6.45) is 1.94. The Bertz CT molecular complexity index is 807.